The first-order valence-corrected chi connectivity index (χ1v) is 10.6. The molecular weight excluding hydrogens is 436 g/mol. The highest BCUT2D eigenvalue weighted by atomic mass is 35.5. The van der Waals surface area contributed by atoms with Gasteiger partial charge >= 0.3 is 0 Å². The van der Waals surface area contributed by atoms with Crippen molar-refractivity contribution in [2.75, 3.05) is 5.32 Å². The molecular formula is C22H17ClN4O3S. The third kappa shape index (κ3) is 4.41. The van der Waals surface area contributed by atoms with Crippen LogP contribution >= 0.6 is 22.9 Å². The number of halogens is 1. The van der Waals surface area contributed by atoms with Crippen LogP contribution in [0.25, 0.3) is 5.82 Å². The van der Waals surface area contributed by atoms with Crippen molar-refractivity contribution < 1.29 is 9.90 Å². The van der Waals surface area contributed by atoms with Gasteiger partial charge in [-0.1, -0.05) is 29.8 Å². The predicted molar refractivity (Wildman–Crippen MR) is 120 cm³/mol. The number of benzene rings is 1. The molecule has 0 aliphatic rings. The molecule has 9 heteroatoms. The van der Waals surface area contributed by atoms with E-state index in [0.717, 1.165) is 0 Å². The maximum atomic E-state index is 12.7. The van der Waals surface area contributed by atoms with Crippen LogP contribution in [0.5, 0.6) is 0 Å². The summed E-state index contributed by atoms with van der Waals surface area (Å²) in [5, 5.41) is 15.9. The van der Waals surface area contributed by atoms with E-state index < -0.39 is 11.5 Å². The topological polar surface area (TPSA) is 97.1 Å². The van der Waals surface area contributed by atoms with E-state index in [4.69, 9.17) is 11.6 Å². The van der Waals surface area contributed by atoms with Gasteiger partial charge < -0.3 is 10.4 Å². The van der Waals surface area contributed by atoms with Crippen molar-refractivity contribution in [3.05, 3.63) is 104 Å². The van der Waals surface area contributed by atoms with E-state index >= 15 is 0 Å². The minimum absolute atomic E-state index is 0.285. The fourth-order valence-electron chi connectivity index (χ4n) is 3.02. The van der Waals surface area contributed by atoms with Crippen molar-refractivity contribution >= 4 is 34.5 Å². The van der Waals surface area contributed by atoms with Crippen LogP contribution in [-0.2, 0) is 5.60 Å². The molecule has 0 spiro atoms. The van der Waals surface area contributed by atoms with Crippen molar-refractivity contribution in [1.82, 2.24) is 14.5 Å². The molecule has 0 fully saturated rings. The first-order chi connectivity index (χ1) is 14.8. The fourth-order valence-corrected chi connectivity index (χ4v) is 3.67. The number of thiazole rings is 1. The molecule has 4 aromatic rings. The predicted octanol–water partition coefficient (Wildman–Crippen LogP) is 3.85. The number of carbonyl (C=O) groups excluding carboxylic acids is 1. The second-order valence-corrected chi connectivity index (χ2v) is 8.07. The average Bonchev–Trinajstić information content (AvgIpc) is 3.29. The van der Waals surface area contributed by atoms with Gasteiger partial charge in [-0.2, -0.15) is 0 Å². The third-order valence-corrected chi connectivity index (χ3v) is 5.57. The number of aliphatic hydroxyl groups is 1. The molecule has 0 aliphatic heterocycles. The van der Waals surface area contributed by atoms with Crippen LogP contribution in [0.15, 0.2) is 76.5 Å². The van der Waals surface area contributed by atoms with Crippen LogP contribution in [0.3, 0.4) is 0 Å². The van der Waals surface area contributed by atoms with E-state index in [-0.39, 0.29) is 11.3 Å². The van der Waals surface area contributed by atoms with Gasteiger partial charge in [0.25, 0.3) is 11.5 Å². The number of rotatable bonds is 5. The molecule has 1 amide bonds. The summed E-state index contributed by atoms with van der Waals surface area (Å²) in [6.45, 7) is 1.63. The molecule has 3 aromatic heterocycles. The molecule has 4 rings (SSSR count). The number of carbonyl (C=O) groups is 1. The van der Waals surface area contributed by atoms with Gasteiger partial charge in [-0.3, -0.25) is 14.2 Å². The lowest BCUT2D eigenvalue weighted by molar-refractivity contribution is 0.0973. The third-order valence-electron chi connectivity index (χ3n) is 4.73. The van der Waals surface area contributed by atoms with Gasteiger partial charge in [0.05, 0.1) is 11.2 Å². The molecule has 0 aliphatic carbocycles. The number of nitrogens with zero attached hydrogens (tertiary/aromatic N) is 3. The van der Waals surface area contributed by atoms with Crippen molar-refractivity contribution in [2.45, 2.75) is 12.5 Å². The van der Waals surface area contributed by atoms with Gasteiger partial charge in [-0.15, -0.1) is 11.3 Å². The number of hydrogen-bond acceptors (Lipinski definition) is 6. The number of pyridine rings is 2. The maximum absolute atomic E-state index is 12.7. The Labute approximate surface area is 186 Å². The normalized spacial score (nSPS) is 12.9. The Kier molecular flexibility index (Phi) is 5.69. The molecule has 7 nitrogen and oxygen atoms in total. The van der Waals surface area contributed by atoms with Gasteiger partial charge in [-0.25, -0.2) is 9.97 Å². The lowest BCUT2D eigenvalue weighted by atomic mass is 9.92. The zero-order valence-electron chi connectivity index (χ0n) is 16.3. The molecule has 0 saturated heterocycles. The van der Waals surface area contributed by atoms with Crippen LogP contribution in [-0.4, -0.2) is 25.5 Å². The van der Waals surface area contributed by atoms with Crippen molar-refractivity contribution in [1.29, 1.82) is 0 Å². The van der Waals surface area contributed by atoms with Crippen molar-refractivity contribution in [3.8, 4) is 5.82 Å². The standard InChI is InChI=1S/C22H17ClN4O3S/c1-22(30,14-5-7-15(23)8-6-14)18-3-2-4-19(26-18)27-10-9-16(11-20(27)28)25-21(29)17-12-31-13-24-17/h2-13,30H,1H3,(H,25,29). The largest absolute Gasteiger partial charge is 0.379 e. The minimum Gasteiger partial charge on any atom is -0.379 e. The zero-order chi connectivity index (χ0) is 22.0. The van der Waals surface area contributed by atoms with Crippen LogP contribution in [0.1, 0.15) is 28.7 Å². The molecule has 0 radical (unpaired) electrons. The van der Waals surface area contributed by atoms with E-state index in [1.807, 2.05) is 0 Å². The van der Waals surface area contributed by atoms with Crippen molar-refractivity contribution in [2.24, 2.45) is 0 Å². The number of hydrogen-bond donors (Lipinski definition) is 2. The summed E-state index contributed by atoms with van der Waals surface area (Å²) in [5.41, 5.74) is 1.42. The van der Waals surface area contributed by atoms with Crippen molar-refractivity contribution in [3.63, 3.8) is 0 Å². The van der Waals surface area contributed by atoms with Gasteiger partial charge in [-0.05, 0) is 42.8 Å². The summed E-state index contributed by atoms with van der Waals surface area (Å²) in [5.74, 6) is -0.0494. The highest BCUT2D eigenvalue weighted by molar-refractivity contribution is 7.07. The Morgan fingerprint density at radius 1 is 1.19 bits per heavy atom. The maximum Gasteiger partial charge on any atom is 0.275 e. The Balaban J connectivity index is 1.62. The molecule has 1 unspecified atom stereocenters. The zero-order valence-corrected chi connectivity index (χ0v) is 17.9. The molecule has 1 atom stereocenters. The molecule has 0 saturated carbocycles. The Morgan fingerprint density at radius 2 is 1.97 bits per heavy atom. The first-order valence-electron chi connectivity index (χ1n) is 9.23. The fraction of sp³-hybridized carbons (Fsp3) is 0.0909. The van der Waals surface area contributed by atoms with E-state index in [1.54, 1.807) is 66.3 Å². The minimum atomic E-state index is -1.38. The second-order valence-electron chi connectivity index (χ2n) is 6.91. The quantitative estimate of drug-likeness (QED) is 0.479. The Hall–Kier alpha value is -3.33. The molecule has 156 valence electrons. The number of aromatic nitrogens is 3. The summed E-state index contributed by atoms with van der Waals surface area (Å²) in [6, 6.07) is 14.8. The monoisotopic (exact) mass is 452 g/mol. The lowest BCUT2D eigenvalue weighted by Crippen LogP contribution is -2.26. The van der Waals surface area contributed by atoms with Crippen LogP contribution in [0.2, 0.25) is 5.02 Å². The summed E-state index contributed by atoms with van der Waals surface area (Å²) in [7, 11) is 0. The summed E-state index contributed by atoms with van der Waals surface area (Å²) < 4.78 is 1.33. The van der Waals surface area contributed by atoms with E-state index in [9.17, 15) is 14.7 Å². The lowest BCUT2D eigenvalue weighted by Gasteiger charge is -2.24. The Morgan fingerprint density at radius 3 is 2.65 bits per heavy atom. The van der Waals surface area contributed by atoms with Crippen LogP contribution in [0, 0.1) is 0 Å². The molecule has 2 N–H and O–H groups in total. The molecule has 1 aromatic carbocycles. The van der Waals surface area contributed by atoms with E-state index in [1.165, 1.54) is 28.2 Å². The number of nitrogens with one attached hydrogen (secondary N) is 1. The van der Waals surface area contributed by atoms with Gasteiger partial charge in [0.2, 0.25) is 0 Å². The second kappa shape index (κ2) is 8.43. The molecule has 3 heterocycles. The van der Waals surface area contributed by atoms with Gasteiger partial charge in [0.1, 0.15) is 17.1 Å². The average molecular weight is 453 g/mol. The summed E-state index contributed by atoms with van der Waals surface area (Å²) in [4.78, 5) is 33.2. The number of anilines is 1. The van der Waals surface area contributed by atoms with Gasteiger partial charge in [0.15, 0.2) is 0 Å². The molecule has 31 heavy (non-hydrogen) atoms. The van der Waals surface area contributed by atoms with Crippen LogP contribution < -0.4 is 10.9 Å². The highest BCUT2D eigenvalue weighted by Gasteiger charge is 2.27. The Bertz CT molecular complexity index is 1280. The van der Waals surface area contributed by atoms with E-state index in [2.05, 4.69) is 15.3 Å². The summed E-state index contributed by atoms with van der Waals surface area (Å²) in [6.07, 6.45) is 1.52. The summed E-state index contributed by atoms with van der Waals surface area (Å²) >= 11 is 7.25. The number of amides is 1. The molecule has 0 bridgehead atoms. The SMILES string of the molecule is CC(O)(c1ccc(Cl)cc1)c1cccc(-n2ccc(NC(=O)c3cscn3)cc2=O)n1. The smallest absolute Gasteiger partial charge is 0.275 e. The first kappa shape index (κ1) is 20.9. The highest BCUT2D eigenvalue weighted by Crippen LogP contribution is 2.29. The van der Waals surface area contributed by atoms with Crippen LogP contribution in [0.4, 0.5) is 5.69 Å². The van der Waals surface area contributed by atoms with E-state index in [0.29, 0.717) is 27.8 Å². The van der Waals surface area contributed by atoms with Gasteiger partial charge in [0, 0.05) is 28.4 Å².